The van der Waals surface area contributed by atoms with Gasteiger partial charge in [0.05, 0.1) is 0 Å². The van der Waals surface area contributed by atoms with Crippen molar-refractivity contribution in [2.45, 2.75) is 29.9 Å². The topological polar surface area (TPSA) is 193 Å². The molecular weight excluding hydrogens is 341 g/mol. The Labute approximate surface area is 138 Å². The van der Waals surface area contributed by atoms with Gasteiger partial charge >= 0.3 is 5.97 Å². The number of terminal acetylenes is 1. The number of anilines is 1. The van der Waals surface area contributed by atoms with E-state index in [0.29, 0.717) is 0 Å². The highest BCUT2D eigenvalue weighted by Gasteiger charge is 2.60. The third-order valence-electron chi connectivity index (χ3n) is 4.00. The average molecular weight is 355 g/mol. The molecule has 1 fully saturated rings. The predicted molar refractivity (Wildman–Crippen MR) is 79.8 cm³/mol. The van der Waals surface area contributed by atoms with Crippen LogP contribution in [0.15, 0.2) is 11.0 Å². The molecule has 1 saturated heterocycles. The van der Waals surface area contributed by atoms with E-state index in [1.807, 2.05) is 5.92 Å². The summed E-state index contributed by atoms with van der Waals surface area (Å²) in [5.74, 6) is -2.80. The SMILES string of the molecule is C#CC1(N)C(O)C(C(O)(O)O)OC1n1cc(F)c2c(=O)[nH]c(N)nc21. The predicted octanol–water partition coefficient (Wildman–Crippen LogP) is -3.33. The van der Waals surface area contributed by atoms with Crippen LogP contribution in [-0.4, -0.2) is 58.7 Å². The summed E-state index contributed by atoms with van der Waals surface area (Å²) in [6.45, 7) is 0. The second-order valence-electron chi connectivity index (χ2n) is 5.65. The molecule has 3 rings (SSSR count). The Bertz CT molecular complexity index is 943. The molecule has 0 radical (unpaired) electrons. The van der Waals surface area contributed by atoms with E-state index in [0.717, 1.165) is 10.8 Å². The fraction of sp³-hybridized carbons (Fsp3) is 0.385. The van der Waals surface area contributed by atoms with Crippen LogP contribution < -0.4 is 17.0 Å². The second kappa shape index (κ2) is 5.23. The van der Waals surface area contributed by atoms with Crippen molar-refractivity contribution >= 4 is 17.0 Å². The van der Waals surface area contributed by atoms with E-state index in [4.69, 9.17) is 22.6 Å². The number of rotatable bonds is 2. The Morgan fingerprint density at radius 1 is 1.52 bits per heavy atom. The van der Waals surface area contributed by atoms with Gasteiger partial charge in [0.25, 0.3) is 5.56 Å². The summed E-state index contributed by atoms with van der Waals surface area (Å²) < 4.78 is 20.2. The summed E-state index contributed by atoms with van der Waals surface area (Å²) in [5.41, 5.74) is 8.05. The normalized spacial score (nSPS) is 29.9. The van der Waals surface area contributed by atoms with Gasteiger partial charge in [-0.25, -0.2) is 4.39 Å². The van der Waals surface area contributed by atoms with Crippen molar-refractivity contribution in [1.82, 2.24) is 14.5 Å². The summed E-state index contributed by atoms with van der Waals surface area (Å²) in [4.78, 5) is 17.8. The number of nitrogens with zero attached hydrogens (tertiary/aromatic N) is 2. The van der Waals surface area contributed by atoms with Crippen LogP contribution in [0, 0.1) is 18.2 Å². The van der Waals surface area contributed by atoms with Gasteiger partial charge in [0.2, 0.25) is 5.95 Å². The van der Waals surface area contributed by atoms with Crippen molar-refractivity contribution in [2.75, 3.05) is 5.73 Å². The molecule has 1 aliphatic heterocycles. The molecule has 2 aromatic heterocycles. The van der Waals surface area contributed by atoms with Gasteiger partial charge in [0, 0.05) is 6.20 Å². The second-order valence-corrected chi connectivity index (χ2v) is 5.65. The largest absolute Gasteiger partial charge is 0.387 e. The summed E-state index contributed by atoms with van der Waals surface area (Å²) >= 11 is 0. The van der Waals surface area contributed by atoms with Gasteiger partial charge in [-0.1, -0.05) is 5.92 Å². The highest BCUT2D eigenvalue weighted by atomic mass is 19.1. The minimum Gasteiger partial charge on any atom is -0.387 e. The first-order valence-electron chi connectivity index (χ1n) is 6.83. The fourth-order valence-electron chi connectivity index (χ4n) is 2.78. The van der Waals surface area contributed by atoms with Crippen LogP contribution in [-0.2, 0) is 4.74 Å². The number of aliphatic hydroxyl groups excluding tert-OH is 1. The number of hydrogen-bond acceptors (Lipinski definition) is 9. The number of halogens is 1. The van der Waals surface area contributed by atoms with Crippen LogP contribution in [0.3, 0.4) is 0 Å². The third kappa shape index (κ3) is 2.38. The monoisotopic (exact) mass is 355 g/mol. The number of aromatic amines is 1. The standard InChI is InChI=1S/C13H14FN5O6/c1-2-12(16)6(20)7(13(22,23)24)25-10(12)19-3-4(14)5-8(19)17-11(15)18-9(5)21/h1,3,6-7,10,20,22-24H,16H2,(H3,15,17,18,21). The Balaban J connectivity index is 2.24. The number of hydrogen-bond donors (Lipinski definition) is 7. The molecule has 9 N–H and O–H groups in total. The van der Waals surface area contributed by atoms with Crippen LogP contribution in [0.4, 0.5) is 10.3 Å². The maximum atomic E-state index is 14.2. The summed E-state index contributed by atoms with van der Waals surface area (Å²) in [6, 6.07) is 0. The molecule has 0 spiro atoms. The lowest BCUT2D eigenvalue weighted by molar-refractivity contribution is -0.368. The molecule has 12 heteroatoms. The van der Waals surface area contributed by atoms with E-state index in [2.05, 4.69) is 9.97 Å². The van der Waals surface area contributed by atoms with Crippen molar-refractivity contribution in [3.05, 3.63) is 22.4 Å². The van der Waals surface area contributed by atoms with E-state index in [-0.39, 0.29) is 11.6 Å². The van der Waals surface area contributed by atoms with Gasteiger partial charge in [-0.15, -0.1) is 6.42 Å². The zero-order valence-electron chi connectivity index (χ0n) is 12.4. The summed E-state index contributed by atoms with van der Waals surface area (Å²) in [7, 11) is 0. The maximum absolute atomic E-state index is 14.2. The number of nitrogen functional groups attached to an aromatic ring is 1. The molecule has 25 heavy (non-hydrogen) atoms. The number of ether oxygens (including phenoxy) is 1. The van der Waals surface area contributed by atoms with Crippen LogP contribution >= 0.6 is 0 Å². The first-order chi connectivity index (χ1) is 11.5. The van der Waals surface area contributed by atoms with Crippen LogP contribution in [0.1, 0.15) is 6.23 Å². The van der Waals surface area contributed by atoms with Crippen molar-refractivity contribution < 1.29 is 29.6 Å². The molecule has 4 unspecified atom stereocenters. The minimum atomic E-state index is -3.49. The van der Waals surface area contributed by atoms with E-state index >= 15 is 0 Å². The zero-order chi connectivity index (χ0) is 18.7. The first-order valence-corrected chi connectivity index (χ1v) is 6.83. The number of aliphatic hydroxyl groups is 4. The molecule has 4 atom stereocenters. The minimum absolute atomic E-state index is 0.305. The molecule has 11 nitrogen and oxygen atoms in total. The van der Waals surface area contributed by atoms with Gasteiger partial charge in [-0.05, 0) is 0 Å². The van der Waals surface area contributed by atoms with Crippen molar-refractivity contribution in [2.24, 2.45) is 5.73 Å². The molecule has 134 valence electrons. The number of nitrogens with two attached hydrogens (primary N) is 2. The Morgan fingerprint density at radius 2 is 2.16 bits per heavy atom. The van der Waals surface area contributed by atoms with E-state index < -0.39 is 46.7 Å². The van der Waals surface area contributed by atoms with E-state index in [9.17, 15) is 29.6 Å². The molecule has 0 bridgehead atoms. The molecular formula is C13H14FN5O6. The van der Waals surface area contributed by atoms with Crippen LogP contribution in [0.2, 0.25) is 0 Å². The van der Waals surface area contributed by atoms with Crippen molar-refractivity contribution in [3.63, 3.8) is 0 Å². The summed E-state index contributed by atoms with van der Waals surface area (Å²) in [6.07, 6.45) is 0.492. The fourth-order valence-corrected chi connectivity index (χ4v) is 2.78. The summed E-state index contributed by atoms with van der Waals surface area (Å²) in [5, 5.41) is 37.6. The Morgan fingerprint density at radius 3 is 2.72 bits per heavy atom. The van der Waals surface area contributed by atoms with E-state index in [1.54, 1.807) is 0 Å². The lowest BCUT2D eigenvalue weighted by atomic mass is 9.91. The number of fused-ring (bicyclic) bond motifs is 1. The van der Waals surface area contributed by atoms with Gasteiger partial charge in [0.15, 0.2) is 29.3 Å². The van der Waals surface area contributed by atoms with Gasteiger partial charge in [-0.2, -0.15) is 4.98 Å². The maximum Gasteiger partial charge on any atom is 0.306 e. The molecule has 0 saturated carbocycles. The zero-order valence-corrected chi connectivity index (χ0v) is 12.4. The molecule has 2 aromatic rings. The third-order valence-corrected chi connectivity index (χ3v) is 4.00. The smallest absolute Gasteiger partial charge is 0.306 e. The van der Waals surface area contributed by atoms with E-state index in [1.165, 1.54) is 0 Å². The highest BCUT2D eigenvalue weighted by molar-refractivity contribution is 5.77. The lowest BCUT2D eigenvalue weighted by Gasteiger charge is -2.28. The quantitative estimate of drug-likeness (QED) is 0.213. The van der Waals surface area contributed by atoms with Gasteiger partial charge in [0.1, 0.15) is 11.5 Å². The number of H-pyrrole nitrogens is 1. The molecule has 1 aliphatic rings. The molecule has 0 amide bonds. The van der Waals surface area contributed by atoms with Crippen molar-refractivity contribution in [1.29, 1.82) is 0 Å². The number of aromatic nitrogens is 3. The van der Waals surface area contributed by atoms with Crippen LogP contribution in [0.25, 0.3) is 11.0 Å². The van der Waals surface area contributed by atoms with Crippen LogP contribution in [0.5, 0.6) is 0 Å². The van der Waals surface area contributed by atoms with Gasteiger partial charge in [-0.3, -0.25) is 14.3 Å². The first kappa shape index (κ1) is 17.3. The average Bonchev–Trinajstić information content (AvgIpc) is 2.95. The molecule has 0 aliphatic carbocycles. The number of nitrogens with one attached hydrogen (secondary N) is 1. The Hall–Kier alpha value is -2.53. The highest BCUT2D eigenvalue weighted by Crippen LogP contribution is 2.40. The molecule has 0 aromatic carbocycles. The molecule has 3 heterocycles. The van der Waals surface area contributed by atoms with Gasteiger partial charge < -0.3 is 36.6 Å². The van der Waals surface area contributed by atoms with Crippen molar-refractivity contribution in [3.8, 4) is 12.3 Å². The lowest BCUT2D eigenvalue weighted by Crippen LogP contribution is -2.57. The Kier molecular flexibility index (Phi) is 3.62.